The molecule has 6 nitrogen and oxygen atoms in total. The number of hydrogen-bond donors (Lipinski definition) is 1. The molecule has 6 heteroatoms. The molecule has 3 rings (SSSR count). The molecular formula is C21H33N3O3. The van der Waals surface area contributed by atoms with Crippen LogP contribution in [-0.2, 0) is 15.9 Å². The molecule has 2 atom stereocenters. The van der Waals surface area contributed by atoms with Gasteiger partial charge in [-0.2, -0.15) is 0 Å². The molecule has 2 aliphatic heterocycles. The highest BCUT2D eigenvalue weighted by molar-refractivity contribution is 5.80. The van der Waals surface area contributed by atoms with E-state index in [9.17, 15) is 0 Å². The average Bonchev–Trinajstić information content (AvgIpc) is 3.23. The summed E-state index contributed by atoms with van der Waals surface area (Å²) in [7, 11) is 0. The lowest BCUT2D eigenvalue weighted by Crippen LogP contribution is -2.53. The van der Waals surface area contributed by atoms with Crippen LogP contribution < -0.4 is 10.1 Å². The predicted molar refractivity (Wildman–Crippen MR) is 108 cm³/mol. The Balaban J connectivity index is 1.57. The van der Waals surface area contributed by atoms with Crippen molar-refractivity contribution < 1.29 is 14.2 Å². The molecule has 0 saturated carbocycles. The number of guanidine groups is 1. The molecule has 0 aromatic heterocycles. The Morgan fingerprint density at radius 1 is 1.26 bits per heavy atom. The third kappa shape index (κ3) is 5.84. The Hall–Kier alpha value is -1.79. The van der Waals surface area contributed by atoms with Crippen LogP contribution in [0.3, 0.4) is 0 Å². The van der Waals surface area contributed by atoms with Gasteiger partial charge in [0.25, 0.3) is 0 Å². The summed E-state index contributed by atoms with van der Waals surface area (Å²) in [4.78, 5) is 7.18. The average molecular weight is 376 g/mol. The first-order valence-corrected chi connectivity index (χ1v) is 10.3. The molecular weight excluding hydrogens is 342 g/mol. The quantitative estimate of drug-likeness (QED) is 0.586. The van der Waals surface area contributed by atoms with Crippen LogP contribution in [0.2, 0.25) is 0 Å². The van der Waals surface area contributed by atoms with Crippen molar-refractivity contribution in [1.29, 1.82) is 0 Å². The van der Waals surface area contributed by atoms with Crippen LogP contribution in [0.5, 0.6) is 5.75 Å². The van der Waals surface area contributed by atoms with Gasteiger partial charge in [0.2, 0.25) is 0 Å². The van der Waals surface area contributed by atoms with E-state index in [-0.39, 0.29) is 12.2 Å². The highest BCUT2D eigenvalue weighted by Crippen LogP contribution is 2.21. The zero-order chi connectivity index (χ0) is 18.9. The van der Waals surface area contributed by atoms with Gasteiger partial charge in [-0.25, -0.2) is 0 Å². The fraction of sp³-hybridized carbons (Fsp3) is 0.667. The van der Waals surface area contributed by atoms with Crippen molar-refractivity contribution in [3.8, 4) is 5.75 Å². The summed E-state index contributed by atoms with van der Waals surface area (Å²) in [5.41, 5.74) is 1.25. The van der Waals surface area contributed by atoms with Crippen LogP contribution in [0.1, 0.15) is 32.3 Å². The number of aliphatic imine (C=N–C) groups is 1. The summed E-state index contributed by atoms with van der Waals surface area (Å²) >= 11 is 0. The van der Waals surface area contributed by atoms with E-state index in [1.807, 2.05) is 19.1 Å². The number of hydrogen-bond acceptors (Lipinski definition) is 4. The van der Waals surface area contributed by atoms with Gasteiger partial charge in [-0.15, -0.1) is 0 Å². The van der Waals surface area contributed by atoms with Crippen molar-refractivity contribution in [2.24, 2.45) is 4.99 Å². The minimum atomic E-state index is 0.146. The van der Waals surface area contributed by atoms with Crippen molar-refractivity contribution >= 4 is 5.96 Å². The van der Waals surface area contributed by atoms with Gasteiger partial charge in [-0.3, -0.25) is 4.99 Å². The number of nitrogens with zero attached hydrogens (tertiary/aromatic N) is 2. The lowest BCUT2D eigenvalue weighted by molar-refractivity contribution is -0.0817. The predicted octanol–water partition coefficient (Wildman–Crippen LogP) is 2.47. The maximum absolute atomic E-state index is 5.97. The molecule has 2 unspecified atom stereocenters. The van der Waals surface area contributed by atoms with Crippen molar-refractivity contribution in [3.05, 3.63) is 29.8 Å². The van der Waals surface area contributed by atoms with Gasteiger partial charge in [0, 0.05) is 32.8 Å². The zero-order valence-corrected chi connectivity index (χ0v) is 16.7. The Labute approximate surface area is 162 Å². The fourth-order valence-electron chi connectivity index (χ4n) is 3.66. The van der Waals surface area contributed by atoms with Gasteiger partial charge in [-0.1, -0.05) is 12.1 Å². The molecule has 1 aromatic carbocycles. The van der Waals surface area contributed by atoms with E-state index in [0.717, 1.165) is 70.4 Å². The molecule has 1 N–H and O–H groups in total. The monoisotopic (exact) mass is 375 g/mol. The van der Waals surface area contributed by atoms with Gasteiger partial charge in [0.05, 0.1) is 19.3 Å². The number of benzene rings is 1. The first-order chi connectivity index (χ1) is 13.3. The van der Waals surface area contributed by atoms with Crippen LogP contribution in [-0.4, -0.2) is 69.1 Å². The minimum Gasteiger partial charge on any atom is -0.494 e. The van der Waals surface area contributed by atoms with E-state index in [4.69, 9.17) is 19.2 Å². The maximum Gasteiger partial charge on any atom is 0.194 e. The van der Waals surface area contributed by atoms with E-state index in [2.05, 4.69) is 29.3 Å². The molecule has 2 heterocycles. The van der Waals surface area contributed by atoms with Gasteiger partial charge in [-0.05, 0) is 50.8 Å². The standard InChI is InChI=1S/C21H33N3O3/c1-3-22-21(23-11-10-17-7-5-8-18(15-17)25-4-2)24-12-14-27-20(16-24)19-9-6-13-26-19/h5,7-8,15,19-20H,3-4,6,9-14,16H2,1-2H3,(H,22,23). The molecule has 0 amide bonds. The van der Waals surface area contributed by atoms with Gasteiger partial charge < -0.3 is 24.4 Å². The molecule has 1 aromatic rings. The highest BCUT2D eigenvalue weighted by Gasteiger charge is 2.32. The summed E-state index contributed by atoms with van der Waals surface area (Å²) in [6.07, 6.45) is 3.52. The normalized spacial score (nSPS) is 23.5. The second-order valence-electron chi connectivity index (χ2n) is 6.97. The number of nitrogens with one attached hydrogen (secondary N) is 1. The van der Waals surface area contributed by atoms with E-state index in [1.54, 1.807) is 0 Å². The van der Waals surface area contributed by atoms with Crippen LogP contribution in [0.15, 0.2) is 29.3 Å². The molecule has 0 radical (unpaired) electrons. The Bertz CT molecular complexity index is 602. The van der Waals surface area contributed by atoms with Crippen LogP contribution in [0.4, 0.5) is 0 Å². The molecule has 150 valence electrons. The third-order valence-corrected chi connectivity index (χ3v) is 4.98. The smallest absolute Gasteiger partial charge is 0.194 e. The van der Waals surface area contributed by atoms with E-state index >= 15 is 0 Å². The SMILES string of the molecule is CCNC(=NCCc1cccc(OCC)c1)N1CCOC(C2CCCO2)C1. The van der Waals surface area contributed by atoms with Crippen molar-refractivity contribution in [2.45, 2.75) is 45.3 Å². The molecule has 2 fully saturated rings. The molecule has 27 heavy (non-hydrogen) atoms. The van der Waals surface area contributed by atoms with Crippen LogP contribution in [0, 0.1) is 0 Å². The summed E-state index contributed by atoms with van der Waals surface area (Å²) in [5, 5.41) is 3.44. The fourth-order valence-corrected chi connectivity index (χ4v) is 3.66. The summed E-state index contributed by atoms with van der Waals surface area (Å²) in [6, 6.07) is 8.28. The lowest BCUT2D eigenvalue weighted by atomic mass is 10.1. The summed E-state index contributed by atoms with van der Waals surface area (Å²) in [5.74, 6) is 1.91. The maximum atomic E-state index is 5.97. The van der Waals surface area contributed by atoms with Gasteiger partial charge in [0.15, 0.2) is 5.96 Å². The van der Waals surface area contributed by atoms with Crippen molar-refractivity contribution in [1.82, 2.24) is 10.2 Å². The molecule has 2 aliphatic rings. The van der Waals surface area contributed by atoms with Crippen LogP contribution >= 0.6 is 0 Å². The first kappa shape index (κ1) is 20.0. The van der Waals surface area contributed by atoms with Crippen LogP contribution in [0.25, 0.3) is 0 Å². The molecule has 0 bridgehead atoms. The zero-order valence-electron chi connectivity index (χ0n) is 16.7. The molecule has 0 spiro atoms. The van der Waals surface area contributed by atoms with E-state index in [1.165, 1.54) is 5.56 Å². The Morgan fingerprint density at radius 3 is 2.93 bits per heavy atom. The third-order valence-electron chi connectivity index (χ3n) is 4.98. The van der Waals surface area contributed by atoms with Crippen molar-refractivity contribution in [2.75, 3.05) is 46.0 Å². The number of rotatable bonds is 7. The minimum absolute atomic E-state index is 0.146. The van der Waals surface area contributed by atoms with Gasteiger partial charge >= 0.3 is 0 Å². The lowest BCUT2D eigenvalue weighted by Gasteiger charge is -2.37. The topological polar surface area (TPSA) is 55.3 Å². The number of morpholine rings is 1. The van der Waals surface area contributed by atoms with Gasteiger partial charge in [0.1, 0.15) is 11.9 Å². The summed E-state index contributed by atoms with van der Waals surface area (Å²) < 4.78 is 17.4. The van der Waals surface area contributed by atoms with E-state index < -0.39 is 0 Å². The molecule has 0 aliphatic carbocycles. The second-order valence-corrected chi connectivity index (χ2v) is 6.97. The van der Waals surface area contributed by atoms with E-state index in [0.29, 0.717) is 6.61 Å². The second kappa shape index (κ2) is 10.5. The largest absolute Gasteiger partial charge is 0.494 e. The Morgan fingerprint density at radius 2 is 2.15 bits per heavy atom. The summed E-state index contributed by atoms with van der Waals surface area (Å²) in [6.45, 7) is 9.72. The molecule has 2 saturated heterocycles. The first-order valence-electron chi connectivity index (χ1n) is 10.3. The van der Waals surface area contributed by atoms with Crippen molar-refractivity contribution in [3.63, 3.8) is 0 Å². The number of ether oxygens (including phenoxy) is 3. The highest BCUT2D eigenvalue weighted by atomic mass is 16.5. The Kier molecular flexibility index (Phi) is 7.78.